The second-order valence-corrected chi connectivity index (χ2v) is 16.1. The first kappa shape index (κ1) is 21.1. The minimum Gasteiger partial charge on any atom is -0.478 e. The number of aliphatic carboxylic acids is 1. The van der Waals surface area contributed by atoms with Gasteiger partial charge in [0.2, 0.25) is 8.32 Å². The normalized spacial score (nSPS) is 15.9. The van der Waals surface area contributed by atoms with Crippen molar-refractivity contribution in [3.8, 4) is 0 Å². The zero-order valence-corrected chi connectivity index (χ0v) is 17.0. The lowest BCUT2D eigenvalue weighted by Crippen LogP contribution is -2.64. The standard InChI is InChI=1S/C15H30O5Si2/c1-9-15(12(2)3,19-14(18)11-10-13(16)17)22(7,8)20-21(4,5)6/h10-12H,9H2,1-8H3,(H,16,17)/b11-10+. The fourth-order valence-corrected chi connectivity index (χ4v) is 12.4. The molecule has 0 aliphatic heterocycles. The van der Waals surface area contributed by atoms with Gasteiger partial charge in [0.15, 0.2) is 8.32 Å². The molecular weight excluding hydrogens is 316 g/mol. The van der Waals surface area contributed by atoms with Crippen LogP contribution < -0.4 is 0 Å². The fourth-order valence-electron chi connectivity index (χ4n) is 3.05. The molecule has 1 unspecified atom stereocenters. The van der Waals surface area contributed by atoms with Crippen LogP contribution in [-0.4, -0.2) is 38.9 Å². The minimum atomic E-state index is -2.36. The number of carbonyl (C=O) groups is 2. The lowest BCUT2D eigenvalue weighted by Gasteiger charge is -2.48. The van der Waals surface area contributed by atoms with E-state index < -0.39 is 33.8 Å². The van der Waals surface area contributed by atoms with E-state index in [1.807, 2.05) is 20.8 Å². The summed E-state index contributed by atoms with van der Waals surface area (Å²) in [5.74, 6) is -1.71. The van der Waals surface area contributed by atoms with Crippen LogP contribution in [-0.2, 0) is 18.4 Å². The second-order valence-electron chi connectivity index (χ2n) is 7.22. The van der Waals surface area contributed by atoms with E-state index in [1.165, 1.54) is 0 Å². The first-order valence-corrected chi connectivity index (χ1v) is 13.9. The first-order chi connectivity index (χ1) is 9.77. The molecule has 0 aromatic heterocycles. The van der Waals surface area contributed by atoms with Crippen LogP contribution in [0.3, 0.4) is 0 Å². The summed E-state index contributed by atoms with van der Waals surface area (Å²) in [6.45, 7) is 16.5. The van der Waals surface area contributed by atoms with E-state index in [0.29, 0.717) is 6.42 Å². The van der Waals surface area contributed by atoms with Gasteiger partial charge in [-0.1, -0.05) is 20.8 Å². The molecule has 0 aromatic carbocycles. The molecule has 0 spiro atoms. The van der Waals surface area contributed by atoms with Gasteiger partial charge in [-0.05, 0) is 45.1 Å². The molecule has 0 fully saturated rings. The third-order valence-electron chi connectivity index (χ3n) is 3.68. The van der Waals surface area contributed by atoms with Crippen molar-refractivity contribution in [3.05, 3.63) is 12.2 Å². The summed E-state index contributed by atoms with van der Waals surface area (Å²) in [6, 6.07) is 0. The van der Waals surface area contributed by atoms with Crippen LogP contribution in [0.15, 0.2) is 12.2 Å². The Morgan fingerprint density at radius 3 is 1.95 bits per heavy atom. The van der Waals surface area contributed by atoms with Crippen molar-refractivity contribution in [1.82, 2.24) is 0 Å². The van der Waals surface area contributed by atoms with Crippen molar-refractivity contribution in [2.45, 2.75) is 65.2 Å². The van der Waals surface area contributed by atoms with Gasteiger partial charge in [-0.25, -0.2) is 9.59 Å². The molecule has 1 atom stereocenters. The zero-order chi connectivity index (χ0) is 17.8. The summed E-state index contributed by atoms with van der Waals surface area (Å²) in [6.07, 6.45) is 2.41. The Hall–Kier alpha value is -0.926. The van der Waals surface area contributed by atoms with Crippen LogP contribution >= 0.6 is 0 Å². The van der Waals surface area contributed by atoms with E-state index in [2.05, 4.69) is 32.7 Å². The number of carboxylic acid groups (broad SMARTS) is 1. The second kappa shape index (κ2) is 7.56. The van der Waals surface area contributed by atoms with Gasteiger partial charge in [0.25, 0.3) is 0 Å². The molecule has 0 aromatic rings. The summed E-state index contributed by atoms with van der Waals surface area (Å²) >= 11 is 0. The Bertz CT molecular complexity index is 438. The zero-order valence-electron chi connectivity index (χ0n) is 15.0. The molecule has 0 heterocycles. The van der Waals surface area contributed by atoms with Crippen LogP contribution in [0.25, 0.3) is 0 Å². The monoisotopic (exact) mass is 346 g/mol. The fraction of sp³-hybridized carbons (Fsp3) is 0.733. The maximum absolute atomic E-state index is 12.0. The highest BCUT2D eigenvalue weighted by Gasteiger charge is 2.54. The Morgan fingerprint density at radius 1 is 1.14 bits per heavy atom. The molecule has 0 bridgehead atoms. The average molecular weight is 347 g/mol. The molecule has 128 valence electrons. The third-order valence-corrected chi connectivity index (χ3v) is 11.2. The Morgan fingerprint density at radius 2 is 1.64 bits per heavy atom. The summed E-state index contributed by atoms with van der Waals surface area (Å²) < 4.78 is 12.2. The number of hydrogen-bond donors (Lipinski definition) is 1. The predicted molar refractivity (Wildman–Crippen MR) is 92.6 cm³/mol. The molecule has 0 amide bonds. The average Bonchev–Trinajstić information content (AvgIpc) is 2.29. The lowest BCUT2D eigenvalue weighted by molar-refractivity contribution is -0.151. The van der Waals surface area contributed by atoms with Crippen LogP contribution in [0.4, 0.5) is 0 Å². The highest BCUT2D eigenvalue weighted by atomic mass is 28.4. The number of carboxylic acids is 1. The summed E-state index contributed by atoms with van der Waals surface area (Å²) in [5.41, 5.74) is 0. The predicted octanol–water partition coefficient (Wildman–Crippen LogP) is 3.57. The molecule has 5 nitrogen and oxygen atoms in total. The van der Waals surface area contributed by atoms with Crippen molar-refractivity contribution in [3.63, 3.8) is 0 Å². The molecule has 0 rings (SSSR count). The maximum Gasteiger partial charge on any atom is 0.331 e. The van der Waals surface area contributed by atoms with Gasteiger partial charge in [0.05, 0.1) is 0 Å². The number of ether oxygens (including phenoxy) is 1. The van der Waals surface area contributed by atoms with E-state index in [9.17, 15) is 9.59 Å². The van der Waals surface area contributed by atoms with Gasteiger partial charge in [0.1, 0.15) is 5.22 Å². The van der Waals surface area contributed by atoms with Crippen molar-refractivity contribution >= 4 is 28.6 Å². The largest absolute Gasteiger partial charge is 0.478 e. The molecule has 0 radical (unpaired) electrons. The molecule has 0 saturated carbocycles. The van der Waals surface area contributed by atoms with Crippen molar-refractivity contribution < 1.29 is 23.5 Å². The summed E-state index contributed by atoms with van der Waals surface area (Å²) in [7, 11) is -4.16. The molecule has 0 saturated heterocycles. The number of esters is 1. The topological polar surface area (TPSA) is 72.8 Å². The number of hydrogen-bond acceptors (Lipinski definition) is 4. The van der Waals surface area contributed by atoms with Gasteiger partial charge in [-0.3, -0.25) is 0 Å². The Kier molecular flexibility index (Phi) is 7.24. The van der Waals surface area contributed by atoms with E-state index >= 15 is 0 Å². The highest BCUT2D eigenvalue weighted by molar-refractivity contribution is 6.85. The van der Waals surface area contributed by atoms with Gasteiger partial charge in [0, 0.05) is 12.2 Å². The van der Waals surface area contributed by atoms with Gasteiger partial charge in [-0.2, -0.15) is 0 Å². The Balaban J connectivity index is 5.58. The van der Waals surface area contributed by atoms with Crippen LogP contribution in [0, 0.1) is 5.92 Å². The molecule has 1 N–H and O–H groups in total. The van der Waals surface area contributed by atoms with E-state index in [-0.39, 0.29) is 5.92 Å². The first-order valence-electron chi connectivity index (χ1n) is 7.61. The third kappa shape index (κ3) is 5.70. The van der Waals surface area contributed by atoms with Crippen molar-refractivity contribution in [2.24, 2.45) is 5.92 Å². The SMILES string of the molecule is CCC(OC(=O)/C=C/C(=O)O)(C(C)C)[Si](C)(C)O[Si](C)(C)C. The Labute approximate surface area is 136 Å². The van der Waals surface area contributed by atoms with Crippen LogP contribution in [0.1, 0.15) is 27.2 Å². The summed E-state index contributed by atoms with van der Waals surface area (Å²) in [4.78, 5) is 22.6. The van der Waals surface area contributed by atoms with Crippen molar-refractivity contribution in [2.75, 3.05) is 0 Å². The minimum absolute atomic E-state index is 0.0812. The quantitative estimate of drug-likeness (QED) is 0.413. The molecule has 0 aliphatic carbocycles. The molecule has 0 aliphatic rings. The number of rotatable bonds is 8. The maximum atomic E-state index is 12.0. The van der Waals surface area contributed by atoms with Crippen LogP contribution in [0.2, 0.25) is 32.7 Å². The van der Waals surface area contributed by atoms with Gasteiger partial charge >= 0.3 is 11.9 Å². The molecule has 22 heavy (non-hydrogen) atoms. The van der Waals surface area contributed by atoms with E-state index in [0.717, 1.165) is 12.2 Å². The lowest BCUT2D eigenvalue weighted by atomic mass is 10.0. The van der Waals surface area contributed by atoms with Crippen LogP contribution in [0.5, 0.6) is 0 Å². The molecule has 7 heteroatoms. The van der Waals surface area contributed by atoms with E-state index in [1.54, 1.807) is 0 Å². The van der Waals surface area contributed by atoms with E-state index in [4.69, 9.17) is 14.0 Å². The highest BCUT2D eigenvalue weighted by Crippen LogP contribution is 2.38. The summed E-state index contributed by atoms with van der Waals surface area (Å²) in [5, 5.41) is 7.95. The smallest absolute Gasteiger partial charge is 0.331 e. The van der Waals surface area contributed by atoms with Crippen molar-refractivity contribution in [1.29, 1.82) is 0 Å². The van der Waals surface area contributed by atoms with Gasteiger partial charge < -0.3 is 14.0 Å². The van der Waals surface area contributed by atoms with Gasteiger partial charge in [-0.15, -0.1) is 0 Å². The molecular formula is C15H30O5Si2. The number of carbonyl (C=O) groups excluding carboxylic acids is 1.